The average molecular weight is 623 g/mol. The second-order valence-electron chi connectivity index (χ2n) is 11.8. The van der Waals surface area contributed by atoms with Crippen molar-refractivity contribution in [3.8, 4) is 0 Å². The lowest BCUT2D eigenvalue weighted by atomic mass is 9.89. The molecule has 0 fully saturated rings. The van der Waals surface area contributed by atoms with Crippen molar-refractivity contribution in [3.05, 3.63) is 91.0 Å². The number of fused-ring (bicyclic) bond motifs is 5. The van der Waals surface area contributed by atoms with Crippen LogP contribution >= 0.6 is 0 Å². The van der Waals surface area contributed by atoms with E-state index in [-0.39, 0.29) is 24.8 Å². The number of aliphatic imine (C=N–C) groups is 3. The molecule has 0 unspecified atom stereocenters. The van der Waals surface area contributed by atoms with Crippen LogP contribution in [0.15, 0.2) is 83.4 Å². The largest absolute Gasteiger partial charge is 0.515 e. The number of H-pyrrole nitrogens is 1. The zero-order chi connectivity index (χ0) is 33.3. The average Bonchev–Trinajstić information content (AvgIpc) is 3.72. The third-order valence-electron chi connectivity index (χ3n) is 9.34. The Morgan fingerprint density at radius 3 is 1.74 bits per heavy atom. The first kappa shape index (κ1) is 32.6. The summed E-state index contributed by atoms with van der Waals surface area (Å²) in [5.41, 5.74) is 14.6. The first-order chi connectivity index (χ1) is 22.1. The topological polar surface area (TPSA) is 126 Å². The Morgan fingerprint density at radius 1 is 0.739 bits per heavy atom. The number of ether oxygens (including phenoxy) is 2. The molecule has 0 spiro atoms. The zero-order valence-electron chi connectivity index (χ0n) is 28.0. The Labute approximate surface area is 270 Å². The number of aliphatic hydroxyl groups excluding tert-OH is 1. The van der Waals surface area contributed by atoms with E-state index in [1.807, 2.05) is 26.0 Å². The van der Waals surface area contributed by atoms with Gasteiger partial charge in [-0.15, -0.1) is 0 Å². The van der Waals surface area contributed by atoms with Crippen LogP contribution in [0.3, 0.4) is 0 Å². The van der Waals surface area contributed by atoms with Crippen molar-refractivity contribution in [1.29, 1.82) is 0 Å². The molecule has 240 valence electrons. The summed E-state index contributed by atoms with van der Waals surface area (Å²) in [5.74, 6) is -0.670. The van der Waals surface area contributed by atoms with Gasteiger partial charge < -0.3 is 19.6 Å². The van der Waals surface area contributed by atoms with Gasteiger partial charge in [-0.25, -0.2) is 15.0 Å². The molecule has 8 bridgehead atoms. The van der Waals surface area contributed by atoms with Crippen LogP contribution in [-0.4, -0.2) is 53.4 Å². The van der Waals surface area contributed by atoms with Crippen molar-refractivity contribution in [1.82, 2.24) is 4.98 Å². The monoisotopic (exact) mass is 622 g/mol. The number of hydrogen-bond donors (Lipinski definition) is 2. The predicted molar refractivity (Wildman–Crippen MR) is 183 cm³/mol. The van der Waals surface area contributed by atoms with Gasteiger partial charge in [0.05, 0.1) is 60.3 Å². The SMILES string of the molecule is CCC1=C(C)C2=Cc3[nH]c(c(C)c3CC)C=C3N=C(C(CCC(=O)OC)=C3C)/C(=C/O)C3=NC(=CC1=N2)C(C)=C3CCC(=O)OC. The van der Waals surface area contributed by atoms with E-state index in [0.29, 0.717) is 35.5 Å². The molecule has 9 nitrogen and oxygen atoms in total. The normalized spacial score (nSPS) is 18.5. The van der Waals surface area contributed by atoms with Gasteiger partial charge >= 0.3 is 11.9 Å². The number of nitrogens with zero attached hydrogens (tertiary/aromatic N) is 3. The number of methoxy groups -OCH3 is 2. The summed E-state index contributed by atoms with van der Waals surface area (Å²) in [6, 6.07) is 0. The fourth-order valence-electron chi connectivity index (χ4n) is 6.58. The number of aliphatic hydroxyl groups is 1. The van der Waals surface area contributed by atoms with Gasteiger partial charge in [-0.3, -0.25) is 9.59 Å². The molecule has 5 rings (SSSR count). The number of aromatic amines is 1. The molecular weight excluding hydrogens is 580 g/mol. The lowest BCUT2D eigenvalue weighted by Crippen LogP contribution is -2.17. The van der Waals surface area contributed by atoms with Crippen LogP contribution in [0.2, 0.25) is 0 Å². The first-order valence-electron chi connectivity index (χ1n) is 15.8. The number of rotatable bonds is 8. The second kappa shape index (κ2) is 13.3. The van der Waals surface area contributed by atoms with Crippen molar-refractivity contribution in [3.63, 3.8) is 0 Å². The van der Waals surface area contributed by atoms with Crippen LogP contribution in [0.1, 0.15) is 89.2 Å². The summed E-state index contributed by atoms with van der Waals surface area (Å²) in [5, 5.41) is 10.8. The molecule has 2 N–H and O–H groups in total. The molecule has 0 aromatic carbocycles. The highest BCUT2D eigenvalue weighted by atomic mass is 16.5. The molecule has 9 heteroatoms. The molecule has 1 aromatic heterocycles. The number of carbonyl (C=O) groups is 2. The van der Waals surface area contributed by atoms with Crippen molar-refractivity contribution >= 4 is 41.2 Å². The summed E-state index contributed by atoms with van der Waals surface area (Å²) in [6.45, 7) is 12.4. The summed E-state index contributed by atoms with van der Waals surface area (Å²) < 4.78 is 9.90. The molecule has 1 aromatic rings. The number of esters is 2. The zero-order valence-corrected chi connectivity index (χ0v) is 28.0. The van der Waals surface area contributed by atoms with Gasteiger partial charge in [-0.1, -0.05) is 13.8 Å². The fraction of sp³-hybridized carbons (Fsp3) is 0.378. The molecular formula is C37H42N4O5. The predicted octanol–water partition coefficient (Wildman–Crippen LogP) is 7.54. The molecule has 0 radical (unpaired) electrons. The number of allylic oxidation sites excluding steroid dienone is 8. The van der Waals surface area contributed by atoms with E-state index < -0.39 is 0 Å². The molecule has 4 aliphatic rings. The molecule has 46 heavy (non-hydrogen) atoms. The van der Waals surface area contributed by atoms with E-state index in [1.54, 1.807) is 0 Å². The maximum absolute atomic E-state index is 12.3. The van der Waals surface area contributed by atoms with Crippen LogP contribution in [0.5, 0.6) is 0 Å². The van der Waals surface area contributed by atoms with Crippen molar-refractivity contribution in [2.75, 3.05) is 14.2 Å². The highest BCUT2D eigenvalue weighted by molar-refractivity contribution is 6.37. The Bertz CT molecular complexity index is 1850. The summed E-state index contributed by atoms with van der Waals surface area (Å²) in [7, 11) is 2.74. The summed E-state index contributed by atoms with van der Waals surface area (Å²) in [4.78, 5) is 43.4. The third kappa shape index (κ3) is 5.82. The number of aromatic nitrogens is 1. The van der Waals surface area contributed by atoms with Gasteiger partial charge in [0.25, 0.3) is 0 Å². The maximum atomic E-state index is 12.3. The van der Waals surface area contributed by atoms with Gasteiger partial charge in [0, 0.05) is 24.2 Å². The highest BCUT2D eigenvalue weighted by Gasteiger charge is 2.33. The highest BCUT2D eigenvalue weighted by Crippen LogP contribution is 2.39. The minimum atomic E-state index is -0.336. The van der Waals surface area contributed by atoms with E-state index in [0.717, 1.165) is 86.6 Å². The molecule has 0 saturated heterocycles. The van der Waals surface area contributed by atoms with Crippen LogP contribution in [0, 0.1) is 6.92 Å². The van der Waals surface area contributed by atoms with Crippen LogP contribution < -0.4 is 0 Å². The summed E-state index contributed by atoms with van der Waals surface area (Å²) >= 11 is 0. The lowest BCUT2D eigenvalue weighted by molar-refractivity contribution is -0.141. The quantitative estimate of drug-likeness (QED) is 0.229. The fourth-order valence-corrected chi connectivity index (χ4v) is 6.58. The Kier molecular flexibility index (Phi) is 9.42. The van der Waals surface area contributed by atoms with Gasteiger partial charge in [-0.2, -0.15) is 0 Å². The van der Waals surface area contributed by atoms with E-state index in [1.165, 1.54) is 19.8 Å². The van der Waals surface area contributed by atoms with Crippen LogP contribution in [0.25, 0.3) is 12.2 Å². The summed E-state index contributed by atoms with van der Waals surface area (Å²) in [6.07, 6.45) is 9.86. The second-order valence-corrected chi connectivity index (χ2v) is 11.8. The van der Waals surface area contributed by atoms with Crippen LogP contribution in [-0.2, 0) is 25.5 Å². The smallest absolute Gasteiger partial charge is 0.305 e. The molecule has 5 heterocycles. The Hall–Kier alpha value is -4.79. The van der Waals surface area contributed by atoms with Gasteiger partial charge in [0.1, 0.15) is 0 Å². The minimum Gasteiger partial charge on any atom is -0.515 e. The Morgan fingerprint density at radius 2 is 1.24 bits per heavy atom. The molecule has 0 aliphatic carbocycles. The van der Waals surface area contributed by atoms with Crippen molar-refractivity contribution < 1.29 is 24.2 Å². The lowest BCUT2D eigenvalue weighted by Gasteiger charge is -2.14. The molecule has 4 aliphatic heterocycles. The number of nitrogens with one attached hydrogen (secondary N) is 1. The Balaban J connectivity index is 1.80. The van der Waals surface area contributed by atoms with Gasteiger partial charge in [0.2, 0.25) is 0 Å². The number of carbonyl (C=O) groups excluding carboxylic acids is 2. The number of hydrogen-bond acceptors (Lipinski definition) is 8. The van der Waals surface area contributed by atoms with Crippen molar-refractivity contribution in [2.24, 2.45) is 15.0 Å². The first-order valence-corrected chi connectivity index (χ1v) is 15.8. The van der Waals surface area contributed by atoms with Crippen molar-refractivity contribution in [2.45, 2.75) is 80.1 Å². The molecule has 0 atom stereocenters. The third-order valence-corrected chi connectivity index (χ3v) is 9.34. The van der Waals surface area contributed by atoms with Crippen LogP contribution in [0.4, 0.5) is 0 Å². The van der Waals surface area contributed by atoms with E-state index >= 15 is 0 Å². The van der Waals surface area contributed by atoms with E-state index in [2.05, 4.69) is 38.8 Å². The van der Waals surface area contributed by atoms with Gasteiger partial charge in [-0.05, 0) is 116 Å². The molecule has 0 amide bonds. The van der Waals surface area contributed by atoms with E-state index in [9.17, 15) is 14.7 Å². The minimum absolute atomic E-state index is 0.150. The molecule has 0 saturated carbocycles. The van der Waals surface area contributed by atoms with Gasteiger partial charge in [0.15, 0.2) is 0 Å². The maximum Gasteiger partial charge on any atom is 0.305 e. The standard InChI is InChI=1S/C37H42N4O5/c1-9-23-19(3)28-15-30-21(5)25(11-13-34(43)45-7)36(40-30)27(18-42)37-26(12-14-35(44)46-8)22(6)31(41-37)17-33-24(10-2)20(4)29(39-33)16-32(23)38-28/h15-18,38,42H,9-14H2,1-8H3/b27-18-,29-16?,30-15?,31-17?. The van der Waals surface area contributed by atoms with E-state index in [4.69, 9.17) is 24.5 Å².